The molecular formula is C24H43N3O6S2. The number of anilines is 1. The molecule has 35 heavy (non-hydrogen) atoms. The molecule has 0 bridgehead atoms. The number of nitrogens with one attached hydrogen (secondary N) is 1. The van der Waals surface area contributed by atoms with Crippen molar-refractivity contribution in [1.29, 1.82) is 0 Å². The van der Waals surface area contributed by atoms with Crippen molar-refractivity contribution in [2.45, 2.75) is 131 Å². The Balaban J connectivity index is 1.54. The number of aliphatic hydroxyl groups excluding tert-OH is 4. The van der Waals surface area contributed by atoms with E-state index in [1.807, 2.05) is 0 Å². The maximum absolute atomic E-state index is 12.2. The van der Waals surface area contributed by atoms with Crippen LogP contribution in [-0.4, -0.2) is 73.0 Å². The number of carbonyl (C=O) groups excluding carboxylic acids is 1. The number of thioether (sulfide) groups is 1. The van der Waals surface area contributed by atoms with Gasteiger partial charge in [0.1, 0.15) is 29.9 Å². The summed E-state index contributed by atoms with van der Waals surface area (Å²) in [5.74, 6) is -0.103. The molecule has 5 N–H and O–H groups in total. The van der Waals surface area contributed by atoms with Crippen molar-refractivity contribution >= 4 is 34.1 Å². The Morgan fingerprint density at radius 1 is 0.886 bits per heavy atom. The molecule has 1 saturated heterocycles. The van der Waals surface area contributed by atoms with Crippen LogP contribution in [0.1, 0.15) is 96.8 Å². The van der Waals surface area contributed by atoms with E-state index in [0.29, 0.717) is 15.9 Å². The maximum Gasteiger partial charge on any atom is 0.226 e. The van der Waals surface area contributed by atoms with Gasteiger partial charge in [-0.05, 0) is 6.42 Å². The average molecular weight is 534 g/mol. The molecule has 1 amide bonds. The predicted octanol–water partition coefficient (Wildman–Crippen LogP) is 3.85. The molecule has 1 aliphatic heterocycles. The first-order valence-corrected chi connectivity index (χ1v) is 14.8. The van der Waals surface area contributed by atoms with Gasteiger partial charge in [0.2, 0.25) is 11.0 Å². The third-order valence-corrected chi connectivity index (χ3v) is 8.30. The number of unbranched alkanes of at least 4 members (excludes halogenated alkanes) is 12. The van der Waals surface area contributed by atoms with Crippen LogP contribution in [-0.2, 0) is 9.53 Å². The predicted molar refractivity (Wildman–Crippen MR) is 138 cm³/mol. The van der Waals surface area contributed by atoms with Crippen molar-refractivity contribution in [3.63, 3.8) is 0 Å². The number of amides is 1. The highest BCUT2D eigenvalue weighted by molar-refractivity contribution is 8.01. The normalized spacial score (nSPS) is 24.5. The fraction of sp³-hybridized carbons (Fsp3) is 0.875. The van der Waals surface area contributed by atoms with E-state index in [0.717, 1.165) is 42.4 Å². The molecule has 2 rings (SSSR count). The minimum atomic E-state index is -1.44. The first-order valence-electron chi connectivity index (χ1n) is 13.1. The van der Waals surface area contributed by atoms with Gasteiger partial charge < -0.3 is 30.5 Å². The lowest BCUT2D eigenvalue weighted by molar-refractivity contribution is -0.205. The quantitative estimate of drug-likeness (QED) is 0.140. The molecule has 1 aromatic rings. The third kappa shape index (κ3) is 11.4. The number of carbonyl (C=O) groups is 1. The highest BCUT2D eigenvalue weighted by Crippen LogP contribution is 2.35. The summed E-state index contributed by atoms with van der Waals surface area (Å²) < 4.78 is 5.90. The Hall–Kier alpha value is -0.820. The number of hydrogen-bond acceptors (Lipinski definition) is 10. The molecular weight excluding hydrogens is 490 g/mol. The minimum Gasteiger partial charge on any atom is -0.394 e. The zero-order chi connectivity index (χ0) is 25.5. The standard InChI is InChI=1S/C24H43N3O6S2/c1-2-3-4-5-6-7-8-9-10-11-12-13-14-15-18(29)25-23-26-27-24(35-23)34-22-21(32)20(31)19(30)17(16-28)33-22/h17,19-22,28,30-32H,2-16H2,1H3,(H,25,26,29)/t17-,19+,20+,21-,22+/m1/s1. The molecule has 202 valence electrons. The molecule has 11 heteroatoms. The Bertz CT molecular complexity index is 709. The van der Waals surface area contributed by atoms with E-state index in [2.05, 4.69) is 22.4 Å². The van der Waals surface area contributed by atoms with Crippen LogP contribution in [0.3, 0.4) is 0 Å². The van der Waals surface area contributed by atoms with E-state index < -0.39 is 36.5 Å². The van der Waals surface area contributed by atoms with Crippen molar-refractivity contribution in [2.24, 2.45) is 0 Å². The number of aliphatic hydroxyl groups is 4. The van der Waals surface area contributed by atoms with Crippen LogP contribution < -0.4 is 5.32 Å². The zero-order valence-corrected chi connectivity index (χ0v) is 22.4. The lowest BCUT2D eigenvalue weighted by Crippen LogP contribution is -2.57. The van der Waals surface area contributed by atoms with Gasteiger partial charge in [0.15, 0.2) is 4.34 Å². The van der Waals surface area contributed by atoms with E-state index in [9.17, 15) is 25.2 Å². The van der Waals surface area contributed by atoms with Gasteiger partial charge in [-0.1, -0.05) is 107 Å². The number of hydrogen-bond donors (Lipinski definition) is 5. The summed E-state index contributed by atoms with van der Waals surface area (Å²) in [4.78, 5) is 12.2. The first-order chi connectivity index (χ1) is 17.0. The number of rotatable bonds is 18. The minimum absolute atomic E-state index is 0.103. The molecule has 0 aromatic carbocycles. The molecule has 2 heterocycles. The van der Waals surface area contributed by atoms with E-state index >= 15 is 0 Å². The SMILES string of the molecule is CCCCCCCCCCCCCCCC(=O)Nc1nnc(S[C@@H]2O[C@H](CO)[C@H](O)[C@H](O)[C@H]2O)s1. The van der Waals surface area contributed by atoms with Gasteiger partial charge in [-0.2, -0.15) is 0 Å². The Labute approximate surface area is 217 Å². The largest absolute Gasteiger partial charge is 0.394 e. The lowest BCUT2D eigenvalue weighted by atomic mass is 10.0. The second-order valence-electron chi connectivity index (χ2n) is 9.23. The molecule has 1 aromatic heterocycles. The highest BCUT2D eigenvalue weighted by Gasteiger charge is 2.44. The summed E-state index contributed by atoms with van der Waals surface area (Å²) in [7, 11) is 0. The summed E-state index contributed by atoms with van der Waals surface area (Å²) in [5.41, 5.74) is -0.923. The lowest BCUT2D eigenvalue weighted by Gasteiger charge is -2.39. The fourth-order valence-electron chi connectivity index (χ4n) is 4.06. The first kappa shape index (κ1) is 30.4. The van der Waals surface area contributed by atoms with Gasteiger partial charge in [-0.25, -0.2) is 0 Å². The third-order valence-electron chi connectivity index (χ3n) is 6.23. The molecule has 1 aliphatic rings. The monoisotopic (exact) mass is 533 g/mol. The average Bonchev–Trinajstić information content (AvgIpc) is 3.28. The van der Waals surface area contributed by atoms with E-state index in [-0.39, 0.29) is 5.91 Å². The molecule has 0 unspecified atom stereocenters. The molecule has 0 spiro atoms. The summed E-state index contributed by atoms with van der Waals surface area (Å²) in [6.07, 6.45) is 11.6. The van der Waals surface area contributed by atoms with Crippen molar-refractivity contribution in [3.05, 3.63) is 0 Å². The molecule has 9 nitrogen and oxygen atoms in total. The second kappa shape index (κ2) is 17.6. The number of nitrogens with zero attached hydrogens (tertiary/aromatic N) is 2. The van der Waals surface area contributed by atoms with Crippen LogP contribution in [0.5, 0.6) is 0 Å². The van der Waals surface area contributed by atoms with Crippen molar-refractivity contribution < 1.29 is 30.0 Å². The van der Waals surface area contributed by atoms with Gasteiger partial charge in [0.05, 0.1) is 6.61 Å². The fourth-order valence-corrected chi connectivity index (χ4v) is 6.05. The number of aromatic nitrogens is 2. The summed E-state index contributed by atoms with van der Waals surface area (Å²) in [6.45, 7) is 1.76. The molecule has 0 saturated carbocycles. The maximum atomic E-state index is 12.2. The van der Waals surface area contributed by atoms with Crippen molar-refractivity contribution in [2.75, 3.05) is 11.9 Å². The van der Waals surface area contributed by atoms with Crippen LogP contribution in [0.2, 0.25) is 0 Å². The molecule has 0 aliphatic carbocycles. The van der Waals surface area contributed by atoms with Gasteiger partial charge in [0.25, 0.3) is 0 Å². The van der Waals surface area contributed by atoms with Crippen LogP contribution in [0, 0.1) is 0 Å². The topological polar surface area (TPSA) is 145 Å². The smallest absolute Gasteiger partial charge is 0.226 e. The van der Waals surface area contributed by atoms with Crippen molar-refractivity contribution in [3.8, 4) is 0 Å². The van der Waals surface area contributed by atoms with Crippen LogP contribution in [0.15, 0.2) is 4.34 Å². The molecule has 1 fully saturated rings. The van der Waals surface area contributed by atoms with E-state index in [1.54, 1.807) is 0 Å². The second-order valence-corrected chi connectivity index (χ2v) is 11.6. The number of ether oxygens (including phenoxy) is 1. The molecule has 0 radical (unpaired) electrons. The summed E-state index contributed by atoms with van der Waals surface area (Å²) >= 11 is 2.16. The van der Waals surface area contributed by atoms with Gasteiger partial charge in [0, 0.05) is 6.42 Å². The Morgan fingerprint density at radius 2 is 1.46 bits per heavy atom. The summed E-state index contributed by atoms with van der Waals surface area (Å²) in [6, 6.07) is 0. The van der Waals surface area contributed by atoms with Gasteiger partial charge in [-0.15, -0.1) is 10.2 Å². The van der Waals surface area contributed by atoms with Crippen molar-refractivity contribution in [1.82, 2.24) is 10.2 Å². The Morgan fingerprint density at radius 3 is 2.03 bits per heavy atom. The molecule has 5 atom stereocenters. The van der Waals surface area contributed by atoms with E-state index in [4.69, 9.17) is 4.74 Å². The van der Waals surface area contributed by atoms with Crippen LogP contribution in [0.4, 0.5) is 5.13 Å². The van der Waals surface area contributed by atoms with Gasteiger partial charge >= 0.3 is 0 Å². The Kier molecular flexibility index (Phi) is 15.3. The van der Waals surface area contributed by atoms with Crippen LogP contribution in [0.25, 0.3) is 0 Å². The summed E-state index contributed by atoms with van der Waals surface area (Å²) in [5, 5.41) is 50.2. The zero-order valence-electron chi connectivity index (χ0n) is 20.8. The highest BCUT2D eigenvalue weighted by atomic mass is 32.2. The van der Waals surface area contributed by atoms with Crippen LogP contribution >= 0.6 is 23.1 Å². The van der Waals surface area contributed by atoms with Gasteiger partial charge in [-0.3, -0.25) is 4.79 Å². The van der Waals surface area contributed by atoms with E-state index in [1.165, 1.54) is 64.2 Å².